The Morgan fingerprint density at radius 1 is 1.57 bits per heavy atom. The molecule has 7 heavy (non-hydrogen) atoms. The Morgan fingerprint density at radius 2 is 2.00 bits per heavy atom. The highest BCUT2D eigenvalue weighted by atomic mass is 32.1. The van der Waals surface area contributed by atoms with Gasteiger partial charge in [0.05, 0.1) is 5.75 Å². The number of allylic oxidation sites excluding steroid dienone is 1. The Hall–Kier alpha value is -0.0500. The first-order chi connectivity index (χ1) is 3.18. The van der Waals surface area contributed by atoms with Gasteiger partial charge in [0.15, 0.2) is 0 Å². The molecule has 0 amide bonds. The lowest BCUT2D eigenvalue weighted by Crippen LogP contribution is -1.74. The first kappa shape index (κ1) is 6.95. The molecule has 0 N–H and O–H groups in total. The Balaban J connectivity index is 3.72. The molecule has 0 unspecified atom stereocenters. The zero-order valence-electron chi connectivity index (χ0n) is 3.87. The van der Waals surface area contributed by atoms with Gasteiger partial charge in [-0.1, -0.05) is 12.6 Å². The molecular formula is C4H5F2S. The fraction of sp³-hybridized carbons (Fsp3) is 0.500. The van der Waals surface area contributed by atoms with Gasteiger partial charge in [-0.2, -0.15) is 0 Å². The summed E-state index contributed by atoms with van der Waals surface area (Å²) in [7, 11) is 0. The van der Waals surface area contributed by atoms with Crippen molar-refractivity contribution in [3.8, 4) is 0 Å². The second-order valence-corrected chi connectivity index (χ2v) is 1.37. The van der Waals surface area contributed by atoms with E-state index in [0.29, 0.717) is 0 Å². The summed E-state index contributed by atoms with van der Waals surface area (Å²) in [5.41, 5.74) is 0. The van der Waals surface area contributed by atoms with Crippen molar-refractivity contribution < 1.29 is 8.78 Å². The summed E-state index contributed by atoms with van der Waals surface area (Å²) < 4.78 is 23.2. The van der Waals surface area contributed by atoms with Crippen LogP contribution in [0.4, 0.5) is 8.78 Å². The Morgan fingerprint density at radius 3 is 2.00 bits per heavy atom. The molecule has 0 aliphatic carbocycles. The number of hydrogen-bond donors (Lipinski definition) is 0. The normalized spacial score (nSPS) is 13.7. The first-order valence-electron chi connectivity index (χ1n) is 1.77. The molecule has 0 aromatic rings. The van der Waals surface area contributed by atoms with E-state index in [4.69, 9.17) is 0 Å². The molecule has 0 spiro atoms. The van der Waals surface area contributed by atoms with Gasteiger partial charge in [0, 0.05) is 0 Å². The molecule has 0 aliphatic heterocycles. The van der Waals surface area contributed by atoms with E-state index in [1.807, 2.05) is 0 Å². The zero-order chi connectivity index (χ0) is 5.86. The van der Waals surface area contributed by atoms with Crippen molar-refractivity contribution in [2.75, 3.05) is 5.75 Å². The van der Waals surface area contributed by atoms with Crippen LogP contribution >= 0.6 is 12.6 Å². The Bertz CT molecular complexity index is 83.7. The van der Waals surface area contributed by atoms with Crippen molar-refractivity contribution in [3.05, 3.63) is 11.7 Å². The minimum Gasteiger partial charge on any atom is -0.209 e. The van der Waals surface area contributed by atoms with Gasteiger partial charge >= 0.3 is 0 Å². The molecule has 0 saturated heterocycles. The summed E-state index contributed by atoms with van der Waals surface area (Å²) in [4.78, 5) is 0. The topological polar surface area (TPSA) is 0 Å². The molecule has 3 heteroatoms. The largest absolute Gasteiger partial charge is 0.209 e. The number of hydrogen-bond acceptors (Lipinski definition) is 0. The fourth-order valence-electron chi connectivity index (χ4n) is 0.0994. The molecule has 0 aromatic heterocycles. The van der Waals surface area contributed by atoms with Crippen molar-refractivity contribution in [2.45, 2.75) is 6.92 Å². The molecule has 0 aromatic carbocycles. The van der Waals surface area contributed by atoms with Crippen LogP contribution in [0.15, 0.2) is 11.7 Å². The van der Waals surface area contributed by atoms with E-state index >= 15 is 0 Å². The van der Waals surface area contributed by atoms with Crippen molar-refractivity contribution in [3.63, 3.8) is 0 Å². The van der Waals surface area contributed by atoms with Crippen molar-refractivity contribution >= 4 is 12.6 Å². The third kappa shape index (κ3) is 2.62. The van der Waals surface area contributed by atoms with Gasteiger partial charge in [-0.05, 0) is 6.92 Å². The molecule has 0 fully saturated rings. The molecule has 0 atom stereocenters. The average Bonchev–Trinajstić information content (AvgIpc) is 1.65. The van der Waals surface area contributed by atoms with Crippen LogP contribution in [0.3, 0.4) is 0 Å². The van der Waals surface area contributed by atoms with Crippen LogP contribution in [0.1, 0.15) is 6.92 Å². The molecule has 0 aliphatic rings. The maximum atomic E-state index is 11.7. The Kier molecular flexibility index (Phi) is 3.00. The monoisotopic (exact) mass is 123 g/mol. The van der Waals surface area contributed by atoms with E-state index in [1.54, 1.807) is 0 Å². The van der Waals surface area contributed by atoms with Crippen LogP contribution in [0.25, 0.3) is 0 Å². The minimum absolute atomic E-state index is 0.262. The van der Waals surface area contributed by atoms with Crippen LogP contribution in [-0.4, -0.2) is 5.75 Å². The van der Waals surface area contributed by atoms with Crippen molar-refractivity contribution in [1.29, 1.82) is 0 Å². The van der Waals surface area contributed by atoms with E-state index in [1.165, 1.54) is 0 Å². The number of halogens is 2. The van der Waals surface area contributed by atoms with E-state index < -0.39 is 11.7 Å². The van der Waals surface area contributed by atoms with Crippen LogP contribution in [-0.2, 0) is 0 Å². The van der Waals surface area contributed by atoms with Crippen molar-refractivity contribution in [1.82, 2.24) is 0 Å². The highest BCUT2D eigenvalue weighted by Gasteiger charge is 1.94. The number of rotatable bonds is 1. The second kappa shape index (κ2) is 3.02. The molecule has 0 rings (SSSR count). The first-order valence-corrected chi connectivity index (χ1v) is 2.35. The summed E-state index contributed by atoms with van der Waals surface area (Å²) in [5.74, 6) is -1.91. The van der Waals surface area contributed by atoms with E-state index in [9.17, 15) is 8.78 Å². The van der Waals surface area contributed by atoms with E-state index in [2.05, 4.69) is 12.6 Å². The van der Waals surface area contributed by atoms with Gasteiger partial charge < -0.3 is 0 Å². The van der Waals surface area contributed by atoms with Crippen molar-refractivity contribution in [2.24, 2.45) is 0 Å². The Labute approximate surface area is 46.6 Å². The predicted molar refractivity (Wildman–Crippen MR) is 27.4 cm³/mol. The minimum atomic E-state index is -0.838. The molecule has 1 radical (unpaired) electrons. The average molecular weight is 123 g/mol. The van der Waals surface area contributed by atoms with Crippen LogP contribution in [0.2, 0.25) is 0 Å². The smallest absolute Gasteiger partial charge is 0.142 e. The molecule has 0 bridgehead atoms. The maximum absolute atomic E-state index is 11.7. The molecule has 0 saturated carbocycles. The van der Waals surface area contributed by atoms with Gasteiger partial charge in [-0.15, -0.1) is 0 Å². The van der Waals surface area contributed by atoms with Gasteiger partial charge in [-0.25, -0.2) is 8.78 Å². The van der Waals surface area contributed by atoms with Crippen LogP contribution in [0.5, 0.6) is 0 Å². The summed E-state index contributed by atoms with van der Waals surface area (Å²) >= 11 is 4.18. The summed E-state index contributed by atoms with van der Waals surface area (Å²) in [5, 5.41) is 0. The van der Waals surface area contributed by atoms with Gasteiger partial charge in [0.1, 0.15) is 11.7 Å². The quantitative estimate of drug-likeness (QED) is 0.502. The summed E-state index contributed by atoms with van der Waals surface area (Å²) in [6.07, 6.45) is 0. The van der Waals surface area contributed by atoms with Crippen LogP contribution < -0.4 is 0 Å². The molecular weight excluding hydrogens is 118 g/mol. The van der Waals surface area contributed by atoms with E-state index in [-0.39, 0.29) is 5.75 Å². The third-order valence-corrected chi connectivity index (χ3v) is 0.754. The molecule has 41 valence electrons. The highest BCUT2D eigenvalue weighted by Crippen LogP contribution is 2.06. The SMILES string of the molecule is CC(F)=C(F)C[S]. The van der Waals surface area contributed by atoms with Crippen LogP contribution in [0, 0.1) is 0 Å². The lowest BCUT2D eigenvalue weighted by atomic mass is 10.5. The standard InChI is InChI=1S/C4H5F2S/c1-3(5)4(6)2-7/h2H2,1H3. The summed E-state index contributed by atoms with van der Waals surface area (Å²) in [6, 6.07) is 0. The van der Waals surface area contributed by atoms with Gasteiger partial charge in [0.25, 0.3) is 0 Å². The lowest BCUT2D eigenvalue weighted by Gasteiger charge is -1.84. The third-order valence-electron chi connectivity index (χ3n) is 0.501. The molecule has 0 nitrogen and oxygen atoms in total. The van der Waals surface area contributed by atoms with Gasteiger partial charge in [-0.3, -0.25) is 0 Å². The fourth-order valence-corrected chi connectivity index (χ4v) is 0.298. The van der Waals surface area contributed by atoms with E-state index in [0.717, 1.165) is 6.92 Å². The predicted octanol–water partition coefficient (Wildman–Crippen LogP) is 2.35. The maximum Gasteiger partial charge on any atom is 0.142 e. The molecule has 0 heterocycles. The lowest BCUT2D eigenvalue weighted by molar-refractivity contribution is 0.542. The summed E-state index contributed by atoms with van der Waals surface area (Å²) in [6.45, 7) is 1.04. The highest BCUT2D eigenvalue weighted by molar-refractivity contribution is 7.80. The van der Waals surface area contributed by atoms with Gasteiger partial charge in [0.2, 0.25) is 0 Å². The zero-order valence-corrected chi connectivity index (χ0v) is 4.69. The second-order valence-electron chi connectivity index (χ2n) is 1.08.